The van der Waals surface area contributed by atoms with E-state index in [1.807, 2.05) is 6.92 Å². The Hall–Kier alpha value is -1.88. The molecule has 0 radical (unpaired) electrons. The molecule has 1 heterocycles. The number of hydrogen-bond acceptors (Lipinski definition) is 3. The molecule has 1 aliphatic rings. The largest absolute Gasteiger partial charge is 0.478 e. The number of carbonyl (C=O) groups excluding carboxylic acids is 1. The fraction of sp³-hybridized carbons (Fsp3) is 0.429. The van der Waals surface area contributed by atoms with Crippen molar-refractivity contribution in [1.82, 2.24) is 5.32 Å². The molecule has 1 aromatic rings. The minimum Gasteiger partial charge on any atom is -0.478 e. The average molecular weight is 263 g/mol. The van der Waals surface area contributed by atoms with Crippen LogP contribution < -0.4 is 5.32 Å². The first-order valence-electron chi connectivity index (χ1n) is 6.30. The maximum atomic E-state index is 12.0. The van der Waals surface area contributed by atoms with E-state index >= 15 is 0 Å². The van der Waals surface area contributed by atoms with Gasteiger partial charge in [-0.25, -0.2) is 4.79 Å². The van der Waals surface area contributed by atoms with E-state index in [2.05, 4.69) is 5.32 Å². The minimum atomic E-state index is -1.04. The Morgan fingerprint density at radius 2 is 2.16 bits per heavy atom. The van der Waals surface area contributed by atoms with Crippen LogP contribution in [0.4, 0.5) is 0 Å². The summed E-state index contributed by atoms with van der Waals surface area (Å²) in [4.78, 5) is 22.9. The Morgan fingerprint density at radius 1 is 1.42 bits per heavy atom. The summed E-state index contributed by atoms with van der Waals surface area (Å²) in [7, 11) is 0. The number of benzene rings is 1. The molecule has 1 amide bonds. The third kappa shape index (κ3) is 3.32. The second-order valence-electron chi connectivity index (χ2n) is 4.77. The molecule has 2 N–H and O–H groups in total. The Balaban J connectivity index is 2.02. The van der Waals surface area contributed by atoms with Gasteiger partial charge in [0, 0.05) is 24.1 Å². The number of nitrogens with one attached hydrogen (secondary N) is 1. The highest BCUT2D eigenvalue weighted by Crippen LogP contribution is 2.17. The van der Waals surface area contributed by atoms with Crippen LogP contribution in [0.15, 0.2) is 24.3 Å². The lowest BCUT2D eigenvalue weighted by atomic mass is 10.00. The summed E-state index contributed by atoms with van der Waals surface area (Å²) >= 11 is 0. The molecule has 2 rings (SSSR count). The number of aromatic carboxylic acids is 1. The van der Waals surface area contributed by atoms with E-state index in [1.54, 1.807) is 12.1 Å². The number of rotatable bonds is 4. The van der Waals surface area contributed by atoms with E-state index in [-0.39, 0.29) is 17.5 Å². The average Bonchev–Trinajstić information content (AvgIpc) is 2.92. The summed E-state index contributed by atoms with van der Waals surface area (Å²) in [6.45, 7) is 3.34. The topological polar surface area (TPSA) is 75.6 Å². The predicted molar refractivity (Wildman–Crippen MR) is 69.3 cm³/mol. The zero-order valence-corrected chi connectivity index (χ0v) is 10.8. The smallest absolute Gasteiger partial charge is 0.335 e. The van der Waals surface area contributed by atoms with Gasteiger partial charge in [0.1, 0.15) is 0 Å². The summed E-state index contributed by atoms with van der Waals surface area (Å²) in [5.41, 5.74) is 0.482. The van der Waals surface area contributed by atoms with Crippen molar-refractivity contribution in [3.05, 3.63) is 35.4 Å². The van der Waals surface area contributed by atoms with Crippen LogP contribution in [0.1, 0.15) is 34.1 Å². The highest BCUT2D eigenvalue weighted by molar-refractivity contribution is 5.97. The van der Waals surface area contributed by atoms with E-state index < -0.39 is 5.97 Å². The Bertz CT molecular complexity index is 480. The molecule has 0 aliphatic carbocycles. The maximum absolute atomic E-state index is 12.0. The zero-order valence-electron chi connectivity index (χ0n) is 10.8. The first-order valence-corrected chi connectivity index (χ1v) is 6.30. The van der Waals surface area contributed by atoms with Crippen LogP contribution in [0.5, 0.6) is 0 Å². The molecule has 2 atom stereocenters. The quantitative estimate of drug-likeness (QED) is 0.864. The van der Waals surface area contributed by atoms with Gasteiger partial charge in [0.15, 0.2) is 0 Å². The second kappa shape index (κ2) is 5.84. The SMILES string of the molecule is C[C@H](NC(=O)c1cccc(C(=O)O)c1)[C@H]1CCOC1. The Labute approximate surface area is 111 Å². The molecule has 1 aromatic carbocycles. The monoisotopic (exact) mass is 263 g/mol. The van der Waals surface area contributed by atoms with E-state index in [0.717, 1.165) is 13.0 Å². The van der Waals surface area contributed by atoms with Crippen LogP contribution in [0, 0.1) is 5.92 Å². The van der Waals surface area contributed by atoms with Crippen molar-refractivity contribution in [2.75, 3.05) is 13.2 Å². The summed E-state index contributed by atoms with van der Waals surface area (Å²) in [6, 6.07) is 6.05. The number of carboxylic acids is 1. The molecule has 1 fully saturated rings. The Morgan fingerprint density at radius 3 is 2.79 bits per heavy atom. The van der Waals surface area contributed by atoms with Gasteiger partial charge in [0.2, 0.25) is 0 Å². The normalized spacial score (nSPS) is 19.9. The summed E-state index contributed by atoms with van der Waals surface area (Å²) in [6.07, 6.45) is 0.941. The van der Waals surface area contributed by atoms with Gasteiger partial charge >= 0.3 is 5.97 Å². The van der Waals surface area contributed by atoms with Gasteiger partial charge in [0.05, 0.1) is 12.2 Å². The number of amides is 1. The van der Waals surface area contributed by atoms with Crippen molar-refractivity contribution in [2.45, 2.75) is 19.4 Å². The molecule has 102 valence electrons. The number of carbonyl (C=O) groups is 2. The zero-order chi connectivity index (χ0) is 13.8. The van der Waals surface area contributed by atoms with Crippen LogP contribution in [-0.4, -0.2) is 36.2 Å². The minimum absolute atomic E-state index is 0.0171. The predicted octanol–water partition coefficient (Wildman–Crippen LogP) is 1.54. The van der Waals surface area contributed by atoms with Gasteiger partial charge in [0.25, 0.3) is 5.91 Å². The van der Waals surface area contributed by atoms with Gasteiger partial charge in [-0.3, -0.25) is 4.79 Å². The van der Waals surface area contributed by atoms with Crippen LogP contribution in [0.25, 0.3) is 0 Å². The van der Waals surface area contributed by atoms with Crippen molar-refractivity contribution >= 4 is 11.9 Å². The highest BCUT2D eigenvalue weighted by Gasteiger charge is 2.24. The molecule has 1 saturated heterocycles. The van der Waals surface area contributed by atoms with Crippen molar-refractivity contribution in [3.8, 4) is 0 Å². The number of hydrogen-bond donors (Lipinski definition) is 2. The second-order valence-corrected chi connectivity index (χ2v) is 4.77. The molecule has 0 spiro atoms. The van der Waals surface area contributed by atoms with Crippen LogP contribution in [0.3, 0.4) is 0 Å². The van der Waals surface area contributed by atoms with Gasteiger partial charge in [-0.1, -0.05) is 6.07 Å². The Kier molecular flexibility index (Phi) is 4.16. The number of carboxylic acid groups (broad SMARTS) is 1. The lowest BCUT2D eigenvalue weighted by Gasteiger charge is -2.19. The van der Waals surface area contributed by atoms with Gasteiger partial charge in [-0.15, -0.1) is 0 Å². The summed E-state index contributed by atoms with van der Waals surface area (Å²) < 4.78 is 5.29. The van der Waals surface area contributed by atoms with Crippen molar-refractivity contribution in [2.24, 2.45) is 5.92 Å². The van der Waals surface area contributed by atoms with E-state index in [1.165, 1.54) is 12.1 Å². The van der Waals surface area contributed by atoms with E-state index in [0.29, 0.717) is 18.1 Å². The lowest BCUT2D eigenvalue weighted by molar-refractivity contribution is 0.0697. The molecule has 0 aromatic heterocycles. The van der Waals surface area contributed by atoms with Crippen LogP contribution in [0.2, 0.25) is 0 Å². The third-order valence-corrected chi connectivity index (χ3v) is 3.40. The fourth-order valence-electron chi connectivity index (χ4n) is 2.15. The molecular formula is C14H17NO4. The van der Waals surface area contributed by atoms with E-state index in [4.69, 9.17) is 9.84 Å². The first kappa shape index (κ1) is 13.5. The molecule has 19 heavy (non-hydrogen) atoms. The molecule has 0 bridgehead atoms. The van der Waals surface area contributed by atoms with Crippen molar-refractivity contribution in [1.29, 1.82) is 0 Å². The number of ether oxygens (including phenoxy) is 1. The summed E-state index contributed by atoms with van der Waals surface area (Å²) in [5.74, 6) is -0.957. The van der Waals surface area contributed by atoms with Gasteiger partial charge in [-0.05, 0) is 31.5 Å². The highest BCUT2D eigenvalue weighted by atomic mass is 16.5. The van der Waals surface area contributed by atoms with Crippen LogP contribution in [-0.2, 0) is 4.74 Å². The third-order valence-electron chi connectivity index (χ3n) is 3.40. The molecule has 5 heteroatoms. The molecule has 0 unspecified atom stereocenters. The first-order chi connectivity index (χ1) is 9.08. The van der Waals surface area contributed by atoms with E-state index in [9.17, 15) is 9.59 Å². The molecule has 1 aliphatic heterocycles. The fourth-order valence-corrected chi connectivity index (χ4v) is 2.15. The van der Waals surface area contributed by atoms with Crippen LogP contribution >= 0.6 is 0 Å². The van der Waals surface area contributed by atoms with Gasteiger partial charge < -0.3 is 15.2 Å². The standard InChI is InChI=1S/C14H17NO4/c1-9(12-5-6-19-8-12)15-13(16)10-3-2-4-11(7-10)14(17)18/h2-4,7,9,12H,5-6,8H2,1H3,(H,15,16)(H,17,18)/t9-,12-/m0/s1. The summed E-state index contributed by atoms with van der Waals surface area (Å²) in [5, 5.41) is 11.8. The lowest BCUT2D eigenvalue weighted by Crippen LogP contribution is -2.38. The molecule has 5 nitrogen and oxygen atoms in total. The van der Waals surface area contributed by atoms with Crippen molar-refractivity contribution < 1.29 is 19.4 Å². The van der Waals surface area contributed by atoms with Gasteiger partial charge in [-0.2, -0.15) is 0 Å². The molecule has 0 saturated carbocycles. The molecular weight excluding hydrogens is 246 g/mol. The van der Waals surface area contributed by atoms with Crippen molar-refractivity contribution in [3.63, 3.8) is 0 Å². The maximum Gasteiger partial charge on any atom is 0.335 e.